The molecule has 6 heteroatoms. The Labute approximate surface area is 510 Å². The molecule has 1 atom stereocenters. The molecule has 0 bridgehead atoms. The maximum atomic E-state index is 12.9. The fourth-order valence-corrected chi connectivity index (χ4v) is 8.46. The highest BCUT2D eigenvalue weighted by Gasteiger charge is 2.19. The Morgan fingerprint density at radius 1 is 0.253 bits per heavy atom. The zero-order chi connectivity index (χ0) is 59.9. The van der Waals surface area contributed by atoms with Crippen molar-refractivity contribution in [1.29, 1.82) is 0 Å². The Hall–Kier alpha value is -5.49. The molecule has 0 rings (SSSR count). The molecule has 0 N–H and O–H groups in total. The van der Waals surface area contributed by atoms with Gasteiger partial charge in [0.05, 0.1) is 0 Å². The Kier molecular flexibility index (Phi) is 64.4. The fraction of sp³-hybridized carbons (Fsp3) is 0.571. The van der Waals surface area contributed by atoms with E-state index in [4.69, 9.17) is 14.2 Å². The van der Waals surface area contributed by atoms with Gasteiger partial charge in [-0.15, -0.1) is 0 Å². The second-order valence-electron chi connectivity index (χ2n) is 21.3. The molecule has 0 saturated heterocycles. The third-order valence-corrected chi connectivity index (χ3v) is 13.4. The van der Waals surface area contributed by atoms with E-state index in [1.165, 1.54) is 83.5 Å². The number of carbonyl (C=O) groups excluding carboxylic acids is 3. The van der Waals surface area contributed by atoms with Gasteiger partial charge in [-0.05, 0) is 154 Å². The third-order valence-electron chi connectivity index (χ3n) is 13.4. The lowest BCUT2D eigenvalue weighted by molar-refractivity contribution is -0.167. The molecular weight excluding hydrogens is 1020 g/mol. The monoisotopic (exact) mass is 1140 g/mol. The predicted molar refractivity (Wildman–Crippen MR) is 361 cm³/mol. The number of carbonyl (C=O) groups is 3. The standard InChI is InChI=1S/C77H120O6/c1-4-7-10-13-16-19-22-25-28-31-34-37-38-41-43-46-49-52-55-58-61-64-67-70-76(79)82-73-74(83-77(80)71-68-65-62-59-56-53-50-47-44-40-36-33-30-27-24-21-18-15-12-9-6-3)72-81-75(78)69-66-63-60-57-54-51-48-45-42-39-35-32-29-26-23-20-17-14-11-8-5-2/h7,9-10,12,16,18-19,21,23,25-28,30,32,34-37,40-41,43,47,49-50,52,56,58-59,61,74H,4-6,8,11,13-15,17,20,22,24,29,31,33,38-39,42,44-46,48,51,53-55,57,60,62-73H2,1-3H3/b10-7-,12-9-,19-16-,21-18-,26-23-,28-25-,30-27-,35-32-,37-34-,40-36-,43-41-,50-47-,52-49-,59-56-,61-58-. The van der Waals surface area contributed by atoms with Crippen molar-refractivity contribution in [3.63, 3.8) is 0 Å². The van der Waals surface area contributed by atoms with Crippen molar-refractivity contribution in [3.8, 4) is 0 Å². The topological polar surface area (TPSA) is 78.9 Å². The zero-order valence-electron chi connectivity index (χ0n) is 53.1. The average Bonchev–Trinajstić information content (AvgIpc) is 3.49. The van der Waals surface area contributed by atoms with Crippen LogP contribution in [-0.2, 0) is 28.6 Å². The van der Waals surface area contributed by atoms with Crippen molar-refractivity contribution >= 4 is 17.9 Å². The molecule has 0 aliphatic heterocycles. The molecule has 0 aliphatic rings. The summed E-state index contributed by atoms with van der Waals surface area (Å²) < 4.78 is 16.9. The third kappa shape index (κ3) is 67.2. The summed E-state index contributed by atoms with van der Waals surface area (Å²) in [7, 11) is 0. The second-order valence-corrected chi connectivity index (χ2v) is 21.3. The van der Waals surface area contributed by atoms with Gasteiger partial charge in [0, 0.05) is 19.3 Å². The number of hydrogen-bond acceptors (Lipinski definition) is 6. The summed E-state index contributed by atoms with van der Waals surface area (Å²) in [4.78, 5) is 38.4. The molecule has 0 aromatic heterocycles. The second kappa shape index (κ2) is 69.0. The van der Waals surface area contributed by atoms with Crippen molar-refractivity contribution in [1.82, 2.24) is 0 Å². The summed E-state index contributed by atoms with van der Waals surface area (Å²) in [5, 5.41) is 0. The summed E-state index contributed by atoms with van der Waals surface area (Å²) in [5.41, 5.74) is 0. The van der Waals surface area contributed by atoms with Gasteiger partial charge >= 0.3 is 17.9 Å². The first kappa shape index (κ1) is 77.5. The first-order valence-electron chi connectivity index (χ1n) is 33.3. The Balaban J connectivity index is 4.61. The van der Waals surface area contributed by atoms with Crippen LogP contribution in [0.1, 0.15) is 265 Å². The normalized spacial score (nSPS) is 13.3. The van der Waals surface area contributed by atoms with Crippen LogP contribution >= 0.6 is 0 Å². The smallest absolute Gasteiger partial charge is 0.306 e. The minimum atomic E-state index is -0.840. The molecule has 0 aliphatic carbocycles. The van der Waals surface area contributed by atoms with Gasteiger partial charge in [0.2, 0.25) is 0 Å². The van der Waals surface area contributed by atoms with Crippen molar-refractivity contribution in [2.75, 3.05) is 13.2 Å². The van der Waals surface area contributed by atoms with Crippen LogP contribution in [0, 0.1) is 0 Å². The maximum Gasteiger partial charge on any atom is 0.306 e. The molecule has 464 valence electrons. The Bertz CT molecular complexity index is 1940. The highest BCUT2D eigenvalue weighted by atomic mass is 16.6. The molecule has 0 spiro atoms. The van der Waals surface area contributed by atoms with Crippen LogP contribution in [0.5, 0.6) is 0 Å². The minimum absolute atomic E-state index is 0.125. The van der Waals surface area contributed by atoms with Crippen LogP contribution in [0.2, 0.25) is 0 Å². The van der Waals surface area contributed by atoms with Crippen LogP contribution in [0.3, 0.4) is 0 Å². The van der Waals surface area contributed by atoms with E-state index >= 15 is 0 Å². The highest BCUT2D eigenvalue weighted by molar-refractivity contribution is 5.71. The highest BCUT2D eigenvalue weighted by Crippen LogP contribution is 2.14. The van der Waals surface area contributed by atoms with E-state index in [2.05, 4.69) is 203 Å². The van der Waals surface area contributed by atoms with E-state index in [0.717, 1.165) is 128 Å². The van der Waals surface area contributed by atoms with Gasteiger partial charge < -0.3 is 14.2 Å². The first-order chi connectivity index (χ1) is 41.0. The number of rotatable bonds is 58. The molecule has 0 aromatic carbocycles. The van der Waals surface area contributed by atoms with Crippen molar-refractivity contribution in [2.45, 2.75) is 271 Å². The summed E-state index contributed by atoms with van der Waals surface area (Å²) >= 11 is 0. The molecule has 1 unspecified atom stereocenters. The lowest BCUT2D eigenvalue weighted by Crippen LogP contribution is -2.30. The minimum Gasteiger partial charge on any atom is -0.462 e. The van der Waals surface area contributed by atoms with Crippen LogP contribution < -0.4 is 0 Å². The van der Waals surface area contributed by atoms with Gasteiger partial charge in [-0.25, -0.2) is 0 Å². The van der Waals surface area contributed by atoms with E-state index in [-0.39, 0.29) is 44.0 Å². The first-order valence-corrected chi connectivity index (χ1v) is 33.3. The van der Waals surface area contributed by atoms with E-state index in [1.54, 1.807) is 0 Å². The molecule has 0 radical (unpaired) electrons. The van der Waals surface area contributed by atoms with Crippen molar-refractivity contribution in [3.05, 3.63) is 182 Å². The number of allylic oxidation sites excluding steroid dienone is 30. The summed E-state index contributed by atoms with van der Waals surface area (Å²) in [5.74, 6) is -1.04. The van der Waals surface area contributed by atoms with E-state index < -0.39 is 6.10 Å². The van der Waals surface area contributed by atoms with Crippen LogP contribution in [0.15, 0.2) is 182 Å². The van der Waals surface area contributed by atoms with Gasteiger partial charge in [-0.1, -0.05) is 274 Å². The van der Waals surface area contributed by atoms with Gasteiger partial charge in [0.25, 0.3) is 0 Å². The van der Waals surface area contributed by atoms with Crippen LogP contribution in [0.25, 0.3) is 0 Å². The fourth-order valence-electron chi connectivity index (χ4n) is 8.46. The lowest BCUT2D eigenvalue weighted by atomic mass is 10.1. The molecule has 0 aromatic rings. The Morgan fingerprint density at radius 2 is 0.482 bits per heavy atom. The van der Waals surface area contributed by atoms with Gasteiger partial charge in [-0.2, -0.15) is 0 Å². The predicted octanol–water partition coefficient (Wildman–Crippen LogP) is 23.2. The molecule has 0 fully saturated rings. The Morgan fingerprint density at radius 3 is 0.807 bits per heavy atom. The van der Waals surface area contributed by atoms with Crippen LogP contribution in [0.4, 0.5) is 0 Å². The van der Waals surface area contributed by atoms with Gasteiger partial charge in [0.1, 0.15) is 13.2 Å². The maximum absolute atomic E-state index is 12.9. The van der Waals surface area contributed by atoms with E-state index in [9.17, 15) is 14.4 Å². The molecule has 0 amide bonds. The lowest BCUT2D eigenvalue weighted by Gasteiger charge is -2.18. The van der Waals surface area contributed by atoms with Crippen molar-refractivity contribution < 1.29 is 28.6 Å². The average molecular weight is 1140 g/mol. The number of ether oxygens (including phenoxy) is 3. The largest absolute Gasteiger partial charge is 0.462 e. The molecule has 0 saturated carbocycles. The van der Waals surface area contributed by atoms with Crippen LogP contribution in [-0.4, -0.2) is 37.2 Å². The van der Waals surface area contributed by atoms with E-state index in [1.807, 2.05) is 0 Å². The van der Waals surface area contributed by atoms with Crippen molar-refractivity contribution in [2.24, 2.45) is 0 Å². The van der Waals surface area contributed by atoms with E-state index in [0.29, 0.717) is 19.3 Å². The SMILES string of the molecule is CC/C=C\C/C=C\C/C=C\C/C=C\C/C=C\C/C=C\C/C=C\CCCC(=O)OCC(COC(=O)CCCCCCCCCCC/C=C\C/C=C\CCCCCCC)OC(=O)CCCC/C=C\C/C=C\C/C=C\C/C=C\C/C=C\C/C=C\CC. The molecular formula is C77H120O6. The summed E-state index contributed by atoms with van der Waals surface area (Å²) in [6.07, 6.45) is 103. The number of hydrogen-bond donors (Lipinski definition) is 0. The summed E-state index contributed by atoms with van der Waals surface area (Å²) in [6.45, 7) is 6.31. The van der Waals surface area contributed by atoms with Gasteiger partial charge in [0.15, 0.2) is 6.10 Å². The number of esters is 3. The molecule has 83 heavy (non-hydrogen) atoms. The summed E-state index contributed by atoms with van der Waals surface area (Å²) in [6, 6.07) is 0. The zero-order valence-corrected chi connectivity index (χ0v) is 53.1. The molecule has 0 heterocycles. The quantitative estimate of drug-likeness (QED) is 0.0261. The molecule has 6 nitrogen and oxygen atoms in total. The van der Waals surface area contributed by atoms with Gasteiger partial charge in [-0.3, -0.25) is 14.4 Å². The number of unbranched alkanes of at least 4 members (excludes halogenated alkanes) is 17.